The van der Waals surface area contributed by atoms with Crippen LogP contribution in [0.4, 0.5) is 0 Å². The summed E-state index contributed by atoms with van der Waals surface area (Å²) >= 11 is 0. The Morgan fingerprint density at radius 1 is 1.25 bits per heavy atom. The fourth-order valence-corrected chi connectivity index (χ4v) is 2.46. The van der Waals surface area contributed by atoms with Crippen molar-refractivity contribution in [3.05, 3.63) is 23.3 Å². The van der Waals surface area contributed by atoms with Crippen molar-refractivity contribution in [2.45, 2.75) is 44.9 Å². The second-order valence-electron chi connectivity index (χ2n) is 4.87. The zero-order chi connectivity index (χ0) is 11.0. The molecule has 0 spiro atoms. The molecule has 3 rings (SSSR count). The molecule has 1 aromatic rings. The lowest BCUT2D eigenvalue weighted by atomic mass is 9.93. The summed E-state index contributed by atoms with van der Waals surface area (Å²) in [5, 5.41) is 0. The van der Waals surface area contributed by atoms with E-state index in [-0.39, 0.29) is 0 Å². The molecular formula is C13H16N2O. The van der Waals surface area contributed by atoms with Crippen LogP contribution in [0.5, 0.6) is 0 Å². The van der Waals surface area contributed by atoms with Crippen LogP contribution in [0.2, 0.25) is 0 Å². The third-order valence-electron chi connectivity index (χ3n) is 3.59. The summed E-state index contributed by atoms with van der Waals surface area (Å²) in [5.41, 5.74) is 3.45. The number of nitrogens with zero attached hydrogens (tertiary/aromatic N) is 2. The second-order valence-corrected chi connectivity index (χ2v) is 4.87. The van der Waals surface area contributed by atoms with Gasteiger partial charge in [-0.2, -0.15) is 0 Å². The van der Waals surface area contributed by atoms with Gasteiger partial charge in [0.05, 0.1) is 5.69 Å². The van der Waals surface area contributed by atoms with Crippen molar-refractivity contribution in [2.24, 2.45) is 5.92 Å². The van der Waals surface area contributed by atoms with E-state index in [4.69, 9.17) is 0 Å². The Balaban J connectivity index is 1.85. The molecule has 2 aliphatic rings. The Bertz CT molecular complexity index is 424. The zero-order valence-corrected chi connectivity index (χ0v) is 9.41. The van der Waals surface area contributed by atoms with E-state index in [1.807, 2.05) is 0 Å². The highest BCUT2D eigenvalue weighted by atomic mass is 16.1. The van der Waals surface area contributed by atoms with E-state index < -0.39 is 0 Å². The Morgan fingerprint density at radius 2 is 2.06 bits per heavy atom. The van der Waals surface area contributed by atoms with Crippen LogP contribution < -0.4 is 0 Å². The zero-order valence-electron chi connectivity index (χ0n) is 9.41. The summed E-state index contributed by atoms with van der Waals surface area (Å²) in [4.78, 5) is 20.4. The molecule has 0 aliphatic heterocycles. The third-order valence-corrected chi connectivity index (χ3v) is 3.59. The molecule has 16 heavy (non-hydrogen) atoms. The van der Waals surface area contributed by atoms with Gasteiger partial charge < -0.3 is 0 Å². The van der Waals surface area contributed by atoms with Gasteiger partial charge in [0, 0.05) is 18.0 Å². The van der Waals surface area contributed by atoms with Crippen molar-refractivity contribution >= 4 is 5.78 Å². The fourth-order valence-electron chi connectivity index (χ4n) is 2.46. The molecule has 2 aliphatic carbocycles. The summed E-state index contributed by atoms with van der Waals surface area (Å²) < 4.78 is 0. The van der Waals surface area contributed by atoms with Crippen molar-refractivity contribution in [3.8, 4) is 0 Å². The molecule has 84 valence electrons. The number of aromatic nitrogens is 2. The molecule has 1 heterocycles. The molecule has 0 unspecified atom stereocenters. The predicted molar refractivity (Wildman–Crippen MR) is 60.1 cm³/mol. The smallest absolute Gasteiger partial charge is 0.141 e. The van der Waals surface area contributed by atoms with Crippen LogP contribution in [-0.4, -0.2) is 15.8 Å². The third kappa shape index (κ3) is 1.86. The number of hydrogen-bond acceptors (Lipinski definition) is 3. The number of carbonyl (C=O) groups excluding carboxylic acids is 1. The molecular weight excluding hydrogens is 200 g/mol. The number of fused-ring (bicyclic) bond motifs is 1. The topological polar surface area (TPSA) is 42.9 Å². The lowest BCUT2D eigenvalue weighted by Crippen LogP contribution is -2.14. The van der Waals surface area contributed by atoms with Gasteiger partial charge in [0.2, 0.25) is 0 Å². The van der Waals surface area contributed by atoms with E-state index >= 15 is 0 Å². The van der Waals surface area contributed by atoms with E-state index in [2.05, 4.69) is 9.97 Å². The number of carbonyl (C=O) groups is 1. The number of ketones is 1. The van der Waals surface area contributed by atoms with E-state index in [9.17, 15) is 4.79 Å². The van der Waals surface area contributed by atoms with E-state index in [1.165, 1.54) is 24.1 Å². The van der Waals surface area contributed by atoms with Crippen LogP contribution in [0.15, 0.2) is 6.33 Å². The number of rotatable bonds is 3. The lowest BCUT2D eigenvalue weighted by Gasteiger charge is -2.16. The SMILES string of the molecule is O=C(Cc1ncnc2c1CCCC2)C1CC1. The van der Waals surface area contributed by atoms with Gasteiger partial charge in [-0.3, -0.25) is 4.79 Å². The first-order chi connectivity index (χ1) is 7.84. The summed E-state index contributed by atoms with van der Waals surface area (Å²) in [6.07, 6.45) is 8.89. The van der Waals surface area contributed by atoms with Crippen LogP contribution in [0.3, 0.4) is 0 Å². The second kappa shape index (κ2) is 3.96. The molecule has 0 saturated heterocycles. The highest BCUT2D eigenvalue weighted by molar-refractivity contribution is 5.85. The molecule has 0 radical (unpaired) electrons. The molecule has 0 N–H and O–H groups in total. The van der Waals surface area contributed by atoms with Crippen molar-refractivity contribution < 1.29 is 4.79 Å². The minimum absolute atomic E-state index is 0.342. The van der Waals surface area contributed by atoms with Crippen LogP contribution in [-0.2, 0) is 24.1 Å². The largest absolute Gasteiger partial charge is 0.299 e. The highest BCUT2D eigenvalue weighted by Gasteiger charge is 2.30. The molecule has 1 fully saturated rings. The predicted octanol–water partition coefficient (Wildman–Crippen LogP) is 1.88. The molecule has 0 aromatic carbocycles. The summed E-state index contributed by atoms with van der Waals surface area (Å²) in [5.74, 6) is 0.723. The standard InChI is InChI=1S/C13H16N2O/c16-13(9-5-6-9)7-12-10-3-1-2-4-11(10)14-8-15-12/h8-9H,1-7H2. The minimum Gasteiger partial charge on any atom is -0.299 e. The van der Waals surface area contributed by atoms with Crippen molar-refractivity contribution in [2.75, 3.05) is 0 Å². The molecule has 0 bridgehead atoms. The van der Waals surface area contributed by atoms with Crippen molar-refractivity contribution in [3.63, 3.8) is 0 Å². The number of hydrogen-bond donors (Lipinski definition) is 0. The van der Waals surface area contributed by atoms with Gasteiger partial charge in [-0.25, -0.2) is 9.97 Å². The number of aryl methyl sites for hydroxylation is 1. The molecule has 1 saturated carbocycles. The molecule has 0 atom stereocenters. The first-order valence-corrected chi connectivity index (χ1v) is 6.19. The Morgan fingerprint density at radius 3 is 2.88 bits per heavy atom. The Kier molecular flexibility index (Phi) is 2.46. The van der Waals surface area contributed by atoms with E-state index in [0.29, 0.717) is 18.1 Å². The Hall–Kier alpha value is -1.25. The van der Waals surface area contributed by atoms with Crippen LogP contribution in [0.1, 0.15) is 42.6 Å². The molecule has 0 amide bonds. The van der Waals surface area contributed by atoms with Crippen LogP contribution in [0, 0.1) is 5.92 Å². The van der Waals surface area contributed by atoms with Crippen molar-refractivity contribution in [1.82, 2.24) is 9.97 Å². The van der Waals surface area contributed by atoms with Crippen molar-refractivity contribution in [1.29, 1.82) is 0 Å². The van der Waals surface area contributed by atoms with Gasteiger partial charge >= 0.3 is 0 Å². The summed E-state index contributed by atoms with van der Waals surface area (Å²) in [6, 6.07) is 0. The van der Waals surface area contributed by atoms with Gasteiger partial charge in [-0.05, 0) is 44.1 Å². The highest BCUT2D eigenvalue weighted by Crippen LogP contribution is 2.31. The van der Waals surface area contributed by atoms with E-state index in [1.54, 1.807) is 6.33 Å². The maximum absolute atomic E-state index is 11.8. The summed E-state index contributed by atoms with van der Waals surface area (Å²) in [6.45, 7) is 0. The average Bonchev–Trinajstić information content (AvgIpc) is 3.13. The first kappa shape index (κ1) is 9.94. The van der Waals surface area contributed by atoms with Gasteiger partial charge in [0.1, 0.15) is 12.1 Å². The summed E-state index contributed by atoms with van der Waals surface area (Å²) in [7, 11) is 0. The quantitative estimate of drug-likeness (QED) is 0.774. The maximum atomic E-state index is 11.8. The lowest BCUT2D eigenvalue weighted by molar-refractivity contribution is -0.119. The fraction of sp³-hybridized carbons (Fsp3) is 0.615. The molecule has 3 nitrogen and oxygen atoms in total. The molecule has 3 heteroatoms. The van der Waals surface area contributed by atoms with Crippen LogP contribution >= 0.6 is 0 Å². The van der Waals surface area contributed by atoms with Gasteiger partial charge in [0.25, 0.3) is 0 Å². The van der Waals surface area contributed by atoms with Crippen LogP contribution in [0.25, 0.3) is 0 Å². The van der Waals surface area contributed by atoms with Gasteiger partial charge in [-0.15, -0.1) is 0 Å². The minimum atomic E-state index is 0.342. The monoisotopic (exact) mass is 216 g/mol. The average molecular weight is 216 g/mol. The van der Waals surface area contributed by atoms with Gasteiger partial charge in [0.15, 0.2) is 0 Å². The normalized spacial score (nSPS) is 19.2. The number of Topliss-reactive ketones (excluding diaryl/α,β-unsaturated/α-hetero) is 1. The maximum Gasteiger partial charge on any atom is 0.141 e. The molecule has 1 aromatic heterocycles. The first-order valence-electron chi connectivity index (χ1n) is 6.19. The van der Waals surface area contributed by atoms with Gasteiger partial charge in [-0.1, -0.05) is 0 Å². The van der Waals surface area contributed by atoms with E-state index in [0.717, 1.165) is 31.4 Å². The Labute approximate surface area is 95.3 Å².